The minimum atomic E-state index is -0.918. The number of urea groups is 1. The van der Waals surface area contributed by atoms with Crippen LogP contribution in [-0.2, 0) is 0 Å². The Hall–Kier alpha value is -2.24. The van der Waals surface area contributed by atoms with Crippen molar-refractivity contribution in [2.45, 2.75) is 6.04 Å². The van der Waals surface area contributed by atoms with Crippen molar-refractivity contribution in [3.63, 3.8) is 0 Å². The molecule has 0 aromatic heterocycles. The van der Waals surface area contributed by atoms with Crippen molar-refractivity contribution >= 4 is 17.7 Å². The third kappa shape index (κ3) is 1.99. The molecule has 1 aromatic rings. The van der Waals surface area contributed by atoms with E-state index >= 15 is 0 Å². The number of amides is 2. The number of aromatic carboxylic acids is 1. The van der Waals surface area contributed by atoms with Gasteiger partial charge in [-0.1, -0.05) is 12.1 Å². The normalized spacial score (nSPS) is 22.1. The highest BCUT2D eigenvalue weighted by Gasteiger charge is 2.36. The van der Waals surface area contributed by atoms with Crippen LogP contribution in [0.4, 0.5) is 10.5 Å². The van der Waals surface area contributed by atoms with Crippen LogP contribution in [0.25, 0.3) is 0 Å². The summed E-state index contributed by atoms with van der Waals surface area (Å²) in [4.78, 5) is 26.6. The lowest BCUT2D eigenvalue weighted by molar-refractivity contribution is 0.0697. The number of fused-ring (bicyclic) bond motifs is 1. The van der Waals surface area contributed by atoms with Gasteiger partial charge < -0.3 is 20.2 Å². The number of piperazine rings is 1. The van der Waals surface area contributed by atoms with Crippen molar-refractivity contribution < 1.29 is 14.7 Å². The van der Waals surface area contributed by atoms with Gasteiger partial charge in [-0.2, -0.15) is 0 Å². The van der Waals surface area contributed by atoms with Crippen molar-refractivity contribution in [2.75, 3.05) is 31.1 Å². The number of benzene rings is 1. The van der Waals surface area contributed by atoms with Gasteiger partial charge in [-0.05, 0) is 12.1 Å². The van der Waals surface area contributed by atoms with Crippen molar-refractivity contribution in [1.82, 2.24) is 10.2 Å². The highest BCUT2D eigenvalue weighted by Crippen LogP contribution is 2.24. The second kappa shape index (κ2) is 4.46. The largest absolute Gasteiger partial charge is 0.478 e. The lowest BCUT2D eigenvalue weighted by Gasteiger charge is -2.38. The molecule has 0 spiro atoms. The number of carbonyl (C=O) groups is 2. The molecule has 2 aliphatic rings. The maximum Gasteiger partial charge on any atom is 0.337 e. The molecule has 2 fully saturated rings. The number of hydrogen-bond acceptors (Lipinski definition) is 3. The minimum Gasteiger partial charge on any atom is -0.478 e. The summed E-state index contributed by atoms with van der Waals surface area (Å²) in [5, 5.41) is 12.0. The number of nitrogens with one attached hydrogen (secondary N) is 1. The maximum absolute atomic E-state index is 11.5. The Morgan fingerprint density at radius 2 is 2.11 bits per heavy atom. The Bertz CT molecular complexity index is 532. The van der Waals surface area contributed by atoms with E-state index in [1.54, 1.807) is 12.1 Å². The Morgan fingerprint density at radius 3 is 2.89 bits per heavy atom. The summed E-state index contributed by atoms with van der Waals surface area (Å²) in [6.07, 6.45) is 0. The molecule has 100 valence electrons. The number of rotatable bonds is 2. The molecule has 1 atom stereocenters. The van der Waals surface area contributed by atoms with Gasteiger partial charge in [0.15, 0.2) is 0 Å². The van der Waals surface area contributed by atoms with Gasteiger partial charge in [0.25, 0.3) is 0 Å². The van der Waals surface area contributed by atoms with Crippen molar-refractivity contribution in [2.24, 2.45) is 0 Å². The van der Waals surface area contributed by atoms with Gasteiger partial charge in [0.1, 0.15) is 0 Å². The summed E-state index contributed by atoms with van der Waals surface area (Å²) in [5.74, 6) is -0.918. The molecule has 2 N–H and O–H groups in total. The fraction of sp³-hybridized carbons (Fsp3) is 0.385. The van der Waals surface area contributed by atoms with Gasteiger partial charge >= 0.3 is 12.0 Å². The minimum absolute atomic E-state index is 0.0174. The molecule has 0 radical (unpaired) electrons. The van der Waals surface area contributed by atoms with Crippen LogP contribution in [0.1, 0.15) is 10.4 Å². The summed E-state index contributed by atoms with van der Waals surface area (Å²) in [7, 11) is 0. The number of nitrogens with zero attached hydrogens (tertiary/aromatic N) is 2. The summed E-state index contributed by atoms with van der Waals surface area (Å²) in [6, 6.07) is 7.11. The molecule has 2 aliphatic heterocycles. The molecular formula is C13H15N3O3. The van der Waals surface area contributed by atoms with E-state index in [0.29, 0.717) is 31.7 Å². The first-order valence-electron chi connectivity index (χ1n) is 6.28. The molecular weight excluding hydrogens is 246 g/mol. The number of para-hydroxylation sites is 1. The van der Waals surface area contributed by atoms with E-state index in [4.69, 9.17) is 0 Å². The van der Waals surface area contributed by atoms with Crippen molar-refractivity contribution in [3.05, 3.63) is 29.8 Å². The Balaban J connectivity index is 1.85. The van der Waals surface area contributed by atoms with E-state index in [9.17, 15) is 14.7 Å². The number of carbonyl (C=O) groups excluding carboxylic acids is 1. The SMILES string of the molecule is O=C(O)c1ccccc1N1CCN2C(=O)NCC2C1. The van der Waals surface area contributed by atoms with Gasteiger partial charge in [-0.15, -0.1) is 0 Å². The zero-order chi connectivity index (χ0) is 13.4. The Morgan fingerprint density at radius 1 is 1.32 bits per heavy atom. The van der Waals surface area contributed by atoms with Gasteiger partial charge in [0, 0.05) is 26.2 Å². The lowest BCUT2D eigenvalue weighted by atomic mass is 10.1. The molecule has 3 rings (SSSR count). The first kappa shape index (κ1) is 11.8. The van der Waals surface area contributed by atoms with Crippen LogP contribution < -0.4 is 10.2 Å². The van der Waals surface area contributed by atoms with E-state index in [0.717, 1.165) is 5.69 Å². The number of carboxylic acids is 1. The Kier molecular flexibility index (Phi) is 2.77. The predicted molar refractivity (Wildman–Crippen MR) is 69.5 cm³/mol. The molecule has 6 nitrogen and oxygen atoms in total. The third-order valence-electron chi connectivity index (χ3n) is 3.71. The van der Waals surface area contributed by atoms with Crippen LogP contribution in [0, 0.1) is 0 Å². The van der Waals surface area contributed by atoms with Crippen LogP contribution in [-0.4, -0.2) is 54.2 Å². The topological polar surface area (TPSA) is 72.9 Å². The van der Waals surface area contributed by atoms with Gasteiger partial charge in [-0.25, -0.2) is 9.59 Å². The molecule has 2 heterocycles. The zero-order valence-electron chi connectivity index (χ0n) is 10.4. The second-order valence-electron chi connectivity index (χ2n) is 4.80. The Labute approximate surface area is 110 Å². The van der Waals surface area contributed by atoms with Crippen LogP contribution in [0.15, 0.2) is 24.3 Å². The maximum atomic E-state index is 11.5. The quantitative estimate of drug-likeness (QED) is 0.817. The second-order valence-corrected chi connectivity index (χ2v) is 4.80. The molecule has 1 aromatic carbocycles. The lowest BCUT2D eigenvalue weighted by Crippen LogP contribution is -2.52. The van der Waals surface area contributed by atoms with E-state index in [-0.39, 0.29) is 12.1 Å². The first-order valence-corrected chi connectivity index (χ1v) is 6.28. The number of anilines is 1. The van der Waals surface area contributed by atoms with Crippen LogP contribution >= 0.6 is 0 Å². The van der Waals surface area contributed by atoms with E-state index in [2.05, 4.69) is 5.32 Å². The van der Waals surface area contributed by atoms with Crippen LogP contribution in [0.2, 0.25) is 0 Å². The van der Waals surface area contributed by atoms with Crippen molar-refractivity contribution in [3.8, 4) is 0 Å². The monoisotopic (exact) mass is 261 g/mol. The van der Waals surface area contributed by atoms with E-state index < -0.39 is 5.97 Å². The highest BCUT2D eigenvalue weighted by atomic mass is 16.4. The average Bonchev–Trinajstić information content (AvgIpc) is 2.80. The molecule has 2 amide bonds. The molecule has 2 saturated heterocycles. The van der Waals surface area contributed by atoms with Gasteiger partial charge in [0.05, 0.1) is 17.3 Å². The van der Waals surface area contributed by atoms with Crippen LogP contribution in [0.3, 0.4) is 0 Å². The fourth-order valence-corrected chi connectivity index (χ4v) is 2.75. The van der Waals surface area contributed by atoms with E-state index in [1.165, 1.54) is 0 Å². The predicted octanol–water partition coefficient (Wildman–Crippen LogP) is 0.599. The molecule has 0 bridgehead atoms. The summed E-state index contributed by atoms with van der Waals surface area (Å²) >= 11 is 0. The smallest absolute Gasteiger partial charge is 0.337 e. The zero-order valence-corrected chi connectivity index (χ0v) is 10.4. The number of carboxylic acid groups (broad SMARTS) is 1. The van der Waals surface area contributed by atoms with Gasteiger partial charge in [-0.3, -0.25) is 0 Å². The third-order valence-corrected chi connectivity index (χ3v) is 3.71. The number of hydrogen-bond donors (Lipinski definition) is 2. The average molecular weight is 261 g/mol. The molecule has 1 unspecified atom stereocenters. The van der Waals surface area contributed by atoms with Crippen LogP contribution in [0.5, 0.6) is 0 Å². The standard InChI is InChI=1S/C13H15N3O3/c17-12(18)10-3-1-2-4-11(10)15-5-6-16-9(8-15)7-14-13(16)19/h1-4,9H,5-8H2,(H,14,19)(H,17,18). The van der Waals surface area contributed by atoms with E-state index in [1.807, 2.05) is 21.9 Å². The summed E-state index contributed by atoms with van der Waals surface area (Å²) < 4.78 is 0. The molecule has 0 aliphatic carbocycles. The molecule has 0 saturated carbocycles. The van der Waals surface area contributed by atoms with Crippen molar-refractivity contribution in [1.29, 1.82) is 0 Å². The molecule has 19 heavy (non-hydrogen) atoms. The summed E-state index contributed by atoms with van der Waals surface area (Å²) in [5.41, 5.74) is 1.04. The first-order chi connectivity index (χ1) is 9.16. The van der Waals surface area contributed by atoms with Gasteiger partial charge in [0.2, 0.25) is 0 Å². The highest BCUT2D eigenvalue weighted by molar-refractivity contribution is 5.94. The summed E-state index contributed by atoms with van der Waals surface area (Å²) in [6.45, 7) is 2.59. The fourth-order valence-electron chi connectivity index (χ4n) is 2.75. The molecule has 6 heteroatoms.